The molecule has 2 aromatic carbocycles. The predicted octanol–water partition coefficient (Wildman–Crippen LogP) is 7.16. The molecule has 64 heavy (non-hydrogen) atoms. The molecule has 2 aliphatic heterocycles. The SMILES string of the molecule is C=CCCOC(=O)N(CCOCCO)[C@H]1CC(=NOC2CCCCO2)C2=C[C@H](CCCCO)[C@@H](CCCCO)[C@@H]3c4cc(OC(=O)NCc5ccccc5)ccc4O[C@@]1(OCC=C)[C@H]23. The maximum atomic E-state index is 14.4. The lowest BCUT2D eigenvalue weighted by Gasteiger charge is -2.59. The third kappa shape index (κ3) is 12.3. The highest BCUT2D eigenvalue weighted by Gasteiger charge is 2.65. The van der Waals surface area contributed by atoms with E-state index in [1.807, 2.05) is 36.4 Å². The Kier molecular flexibility index (Phi) is 19.1. The molecule has 6 rings (SSSR count). The molecule has 2 fully saturated rings. The number of hydrogen-bond donors (Lipinski definition) is 4. The molecule has 2 heterocycles. The molecule has 2 amide bonds. The quantitative estimate of drug-likeness (QED) is 0.0449. The highest BCUT2D eigenvalue weighted by atomic mass is 16.8. The molecule has 15 heteroatoms. The summed E-state index contributed by atoms with van der Waals surface area (Å²) >= 11 is 0. The first kappa shape index (κ1) is 48.7. The van der Waals surface area contributed by atoms with Crippen molar-refractivity contribution in [1.29, 1.82) is 0 Å². The van der Waals surface area contributed by atoms with Crippen LogP contribution in [0.25, 0.3) is 0 Å². The van der Waals surface area contributed by atoms with Crippen LogP contribution >= 0.6 is 0 Å². The molecule has 4 aliphatic rings. The topological polar surface area (TPSA) is 187 Å². The number of nitrogens with one attached hydrogen (secondary N) is 1. The molecule has 15 nitrogen and oxygen atoms in total. The van der Waals surface area contributed by atoms with Gasteiger partial charge in [-0.05, 0) is 86.1 Å². The first-order valence-corrected chi connectivity index (χ1v) is 23.0. The second kappa shape index (κ2) is 25.1. The zero-order valence-corrected chi connectivity index (χ0v) is 37.0. The number of aliphatic hydroxyl groups is 3. The maximum Gasteiger partial charge on any atom is 0.412 e. The zero-order chi connectivity index (χ0) is 45.2. The number of carbonyl (C=O) groups is 2. The highest BCUT2D eigenvalue weighted by molar-refractivity contribution is 6.03. The Morgan fingerprint density at radius 1 is 0.953 bits per heavy atom. The Bertz CT molecular complexity index is 1870. The average molecular weight is 890 g/mol. The van der Waals surface area contributed by atoms with Crippen molar-refractivity contribution in [1.82, 2.24) is 10.2 Å². The molecular weight excluding hydrogens is 823 g/mol. The molecule has 0 radical (unpaired) electrons. The van der Waals surface area contributed by atoms with E-state index in [-0.39, 0.29) is 83.5 Å². The minimum absolute atomic E-state index is 0.0113. The lowest BCUT2D eigenvalue weighted by molar-refractivity contribution is -0.256. The second-order valence-corrected chi connectivity index (χ2v) is 16.6. The number of carbonyl (C=O) groups excluding carboxylic acids is 2. The van der Waals surface area contributed by atoms with Crippen LogP contribution in [-0.4, -0.2) is 116 Å². The summed E-state index contributed by atoms with van der Waals surface area (Å²) in [5.41, 5.74) is 3.18. The van der Waals surface area contributed by atoms with E-state index >= 15 is 0 Å². The minimum Gasteiger partial charge on any atom is -0.459 e. The number of benzene rings is 2. The standard InChI is InChI=1S/C49H67N3O12/c1-3-5-27-60-48(57)52(22-29-58-30-25-55)43-33-41(51-64-44-19-11-14-28-59-44)39-31-36(17-9-12-23-53)38(18-10-13-24-54)45-40-32-37(62-47(56)50-34-35-15-7-6-8-16-35)20-21-42(40)63-49(43,46(39)45)61-26-4-2/h3-4,6-8,15-16,20-21,31-32,36,38,43-46,53-55H,1-2,5,9-14,17-19,22-30,33-34H2,(H,50,56)/t36-,38+,43-,44?,45+,46+,49+/m0/s1. The number of nitrogens with zero attached hydrogens (tertiary/aromatic N) is 2. The van der Waals surface area contributed by atoms with Crippen molar-refractivity contribution < 1.29 is 58.2 Å². The van der Waals surface area contributed by atoms with Gasteiger partial charge in [0.05, 0.1) is 51.3 Å². The van der Waals surface area contributed by atoms with E-state index in [1.54, 1.807) is 29.2 Å². The third-order valence-corrected chi connectivity index (χ3v) is 12.4. The zero-order valence-electron chi connectivity index (χ0n) is 37.0. The number of aliphatic hydroxyl groups excluding tert-OH is 3. The average Bonchev–Trinajstić information content (AvgIpc) is 3.31. The van der Waals surface area contributed by atoms with Gasteiger partial charge in [-0.1, -0.05) is 66.6 Å². The van der Waals surface area contributed by atoms with Crippen molar-refractivity contribution in [3.05, 3.63) is 96.6 Å². The number of amides is 2. The van der Waals surface area contributed by atoms with Crippen LogP contribution in [0.4, 0.5) is 9.59 Å². The molecule has 0 spiro atoms. The fourth-order valence-corrected chi connectivity index (χ4v) is 9.56. The molecular formula is C49H67N3O12. The normalized spacial score (nSPS) is 25.2. The molecule has 350 valence electrons. The molecule has 1 unspecified atom stereocenters. The van der Waals surface area contributed by atoms with Crippen molar-refractivity contribution in [2.75, 3.05) is 59.4 Å². The molecule has 7 atom stereocenters. The Hall–Kier alpha value is -4.77. The largest absolute Gasteiger partial charge is 0.459 e. The van der Waals surface area contributed by atoms with Crippen molar-refractivity contribution in [3.63, 3.8) is 0 Å². The van der Waals surface area contributed by atoms with E-state index in [0.717, 1.165) is 55.2 Å². The fraction of sp³-hybridized carbons (Fsp3) is 0.571. The summed E-state index contributed by atoms with van der Waals surface area (Å²) in [6.45, 7) is 8.95. The summed E-state index contributed by atoms with van der Waals surface area (Å²) in [4.78, 5) is 35.5. The Morgan fingerprint density at radius 2 is 1.77 bits per heavy atom. The van der Waals surface area contributed by atoms with Crippen LogP contribution in [0.3, 0.4) is 0 Å². The number of fused-ring (bicyclic) bond motifs is 2. The van der Waals surface area contributed by atoms with Gasteiger partial charge in [0.1, 0.15) is 17.5 Å². The van der Waals surface area contributed by atoms with E-state index in [1.165, 1.54) is 0 Å². The van der Waals surface area contributed by atoms with Crippen LogP contribution in [0.5, 0.6) is 11.5 Å². The molecule has 4 N–H and O–H groups in total. The third-order valence-electron chi connectivity index (χ3n) is 12.4. The van der Waals surface area contributed by atoms with Crippen molar-refractivity contribution in [2.45, 2.75) is 101 Å². The number of allylic oxidation sites excluding steroid dienone is 1. The first-order chi connectivity index (χ1) is 31.4. The number of oxime groups is 1. The lowest BCUT2D eigenvalue weighted by atomic mass is 9.55. The molecule has 1 saturated carbocycles. The number of ether oxygens (including phenoxy) is 6. The van der Waals surface area contributed by atoms with Crippen LogP contribution in [0.2, 0.25) is 0 Å². The van der Waals surface area contributed by atoms with Crippen LogP contribution in [0.1, 0.15) is 87.7 Å². The van der Waals surface area contributed by atoms with Gasteiger partial charge >= 0.3 is 12.2 Å². The van der Waals surface area contributed by atoms with Crippen molar-refractivity contribution >= 4 is 17.9 Å². The number of hydrogen-bond acceptors (Lipinski definition) is 13. The van der Waals surface area contributed by atoms with Gasteiger partial charge in [-0.25, -0.2) is 9.59 Å². The molecule has 2 aromatic rings. The Morgan fingerprint density at radius 3 is 2.50 bits per heavy atom. The summed E-state index contributed by atoms with van der Waals surface area (Å²) < 4.78 is 37.8. The molecule has 2 aliphatic carbocycles. The van der Waals surface area contributed by atoms with Crippen LogP contribution in [-0.2, 0) is 30.3 Å². The summed E-state index contributed by atoms with van der Waals surface area (Å²) in [7, 11) is 0. The van der Waals surface area contributed by atoms with E-state index < -0.39 is 36.2 Å². The highest BCUT2D eigenvalue weighted by Crippen LogP contribution is 2.62. The first-order valence-electron chi connectivity index (χ1n) is 23.0. The number of rotatable bonds is 25. The summed E-state index contributed by atoms with van der Waals surface area (Å²) in [5.74, 6) is -1.76. The van der Waals surface area contributed by atoms with Gasteiger partial charge in [0, 0.05) is 50.6 Å². The van der Waals surface area contributed by atoms with Gasteiger partial charge in [0.25, 0.3) is 0 Å². The summed E-state index contributed by atoms with van der Waals surface area (Å²) in [6.07, 6.45) is 11.2. The van der Waals surface area contributed by atoms with Gasteiger partial charge in [-0.3, -0.25) is 4.90 Å². The van der Waals surface area contributed by atoms with E-state index in [2.05, 4.69) is 24.6 Å². The smallest absolute Gasteiger partial charge is 0.412 e. The Balaban J connectivity index is 1.52. The maximum absolute atomic E-state index is 14.4. The fourth-order valence-electron chi connectivity index (χ4n) is 9.56. The minimum atomic E-state index is -1.55. The van der Waals surface area contributed by atoms with Crippen LogP contribution in [0.15, 0.2) is 90.6 Å². The van der Waals surface area contributed by atoms with Gasteiger partial charge in [0.15, 0.2) is 0 Å². The van der Waals surface area contributed by atoms with Crippen LogP contribution in [0, 0.1) is 17.8 Å². The van der Waals surface area contributed by atoms with E-state index in [9.17, 15) is 24.9 Å². The van der Waals surface area contributed by atoms with E-state index in [0.29, 0.717) is 49.5 Å². The van der Waals surface area contributed by atoms with E-state index in [4.69, 9.17) is 38.4 Å². The van der Waals surface area contributed by atoms with Gasteiger partial charge in [0.2, 0.25) is 12.1 Å². The summed E-state index contributed by atoms with van der Waals surface area (Å²) in [6, 6.07) is 14.0. The van der Waals surface area contributed by atoms with Crippen molar-refractivity contribution in [2.24, 2.45) is 22.9 Å². The van der Waals surface area contributed by atoms with Gasteiger partial charge in [-0.2, -0.15) is 0 Å². The number of unbranched alkanes of at least 4 members (excludes halogenated alkanes) is 2. The molecule has 0 bridgehead atoms. The summed E-state index contributed by atoms with van der Waals surface area (Å²) in [5, 5.41) is 37.2. The van der Waals surface area contributed by atoms with Crippen LogP contribution < -0.4 is 14.8 Å². The Labute approximate surface area is 377 Å². The second-order valence-electron chi connectivity index (χ2n) is 16.6. The monoisotopic (exact) mass is 889 g/mol. The van der Waals surface area contributed by atoms with Gasteiger partial charge < -0.3 is 53.9 Å². The molecule has 1 saturated heterocycles. The lowest BCUT2D eigenvalue weighted by Crippen LogP contribution is -2.70. The van der Waals surface area contributed by atoms with Crippen molar-refractivity contribution in [3.8, 4) is 11.5 Å². The van der Waals surface area contributed by atoms with Gasteiger partial charge in [-0.15, -0.1) is 13.2 Å². The predicted molar refractivity (Wildman–Crippen MR) is 240 cm³/mol. The molecule has 0 aromatic heterocycles.